The number of esters is 2. The average molecular weight is 422 g/mol. The van der Waals surface area contributed by atoms with E-state index in [1.165, 1.54) is 6.92 Å². The van der Waals surface area contributed by atoms with Crippen molar-refractivity contribution in [2.45, 2.75) is 65.0 Å². The predicted octanol–water partition coefficient (Wildman–Crippen LogP) is 0.818. The van der Waals surface area contributed by atoms with Crippen molar-refractivity contribution in [3.63, 3.8) is 0 Å². The largest absolute Gasteiger partial charge is 0.465 e. The van der Waals surface area contributed by atoms with Gasteiger partial charge in [0.1, 0.15) is 11.5 Å². The number of rotatable bonds is 2. The van der Waals surface area contributed by atoms with Crippen molar-refractivity contribution < 1.29 is 38.8 Å². The third-order valence-corrected chi connectivity index (χ3v) is 9.10. The number of carbonyl (C=O) groups excluding carboxylic acids is 3. The molecule has 0 unspecified atom stereocenters. The van der Waals surface area contributed by atoms with Crippen LogP contribution in [0, 0.1) is 39.9 Å². The lowest BCUT2D eigenvalue weighted by Crippen LogP contribution is -2.71. The number of aliphatic hydroxyl groups excluding tert-OH is 2. The summed E-state index contributed by atoms with van der Waals surface area (Å²) in [6.45, 7) is 5.31. The van der Waals surface area contributed by atoms with Gasteiger partial charge in [-0.15, -0.1) is 0 Å². The van der Waals surface area contributed by atoms with Gasteiger partial charge in [0.25, 0.3) is 0 Å². The maximum atomic E-state index is 13.4. The summed E-state index contributed by atoms with van der Waals surface area (Å²) in [6.07, 6.45) is -0.670. The van der Waals surface area contributed by atoms with Crippen molar-refractivity contribution >= 4 is 17.7 Å². The Bertz CT molecular complexity index is 811. The first-order valence-electron chi connectivity index (χ1n) is 10.9. The fourth-order valence-corrected chi connectivity index (χ4v) is 7.95. The van der Waals surface area contributed by atoms with Crippen LogP contribution in [0.15, 0.2) is 0 Å². The summed E-state index contributed by atoms with van der Waals surface area (Å²) in [5.41, 5.74) is -2.92. The molecule has 0 aromatic carbocycles. The first-order chi connectivity index (χ1) is 14.1. The fourth-order valence-electron chi connectivity index (χ4n) is 7.95. The second-order valence-electron chi connectivity index (χ2n) is 10.5. The van der Waals surface area contributed by atoms with Gasteiger partial charge < -0.3 is 24.4 Å². The molecular formula is C22H30O8. The Balaban J connectivity index is 1.66. The molecule has 8 heteroatoms. The molecule has 0 aromatic rings. The summed E-state index contributed by atoms with van der Waals surface area (Å²) in [5.74, 6) is -2.66. The zero-order valence-electron chi connectivity index (χ0n) is 17.6. The SMILES string of the molecule is CC(=O)OC[C@]1(C)CC[C@@H]2OC(=O)[C@@]34C[C@@H](C[C@@H](O)[C@H]3[C@]23CO[C@@H](O)[C@H]13)[C@@H](C)C4=O. The van der Waals surface area contributed by atoms with Crippen molar-refractivity contribution in [3.05, 3.63) is 0 Å². The topological polar surface area (TPSA) is 119 Å². The van der Waals surface area contributed by atoms with E-state index in [-0.39, 0.29) is 30.8 Å². The van der Waals surface area contributed by atoms with Crippen LogP contribution in [-0.4, -0.2) is 59.6 Å². The van der Waals surface area contributed by atoms with E-state index in [1.54, 1.807) is 0 Å². The zero-order chi connectivity index (χ0) is 21.6. The summed E-state index contributed by atoms with van der Waals surface area (Å²) in [4.78, 5) is 38.2. The molecule has 2 saturated heterocycles. The lowest BCUT2D eigenvalue weighted by molar-refractivity contribution is -0.256. The molecule has 0 aromatic heterocycles. The molecule has 5 rings (SSSR count). The molecule has 0 amide bonds. The minimum Gasteiger partial charge on any atom is -0.465 e. The van der Waals surface area contributed by atoms with Crippen LogP contribution < -0.4 is 0 Å². The van der Waals surface area contributed by atoms with Crippen LogP contribution in [0.1, 0.15) is 46.5 Å². The van der Waals surface area contributed by atoms with E-state index in [9.17, 15) is 24.6 Å². The molecule has 2 aliphatic heterocycles. The van der Waals surface area contributed by atoms with Gasteiger partial charge in [-0.3, -0.25) is 14.4 Å². The Morgan fingerprint density at radius 1 is 1.27 bits per heavy atom. The van der Waals surface area contributed by atoms with Gasteiger partial charge in [0, 0.05) is 35.5 Å². The van der Waals surface area contributed by atoms with Crippen LogP contribution in [0.2, 0.25) is 0 Å². The van der Waals surface area contributed by atoms with Gasteiger partial charge >= 0.3 is 11.9 Å². The second kappa shape index (κ2) is 6.26. The molecule has 5 aliphatic rings. The smallest absolute Gasteiger partial charge is 0.320 e. The number of carbonyl (C=O) groups is 3. The van der Waals surface area contributed by atoms with Crippen LogP contribution in [0.25, 0.3) is 0 Å². The van der Waals surface area contributed by atoms with Gasteiger partial charge in [-0.1, -0.05) is 13.8 Å². The maximum absolute atomic E-state index is 13.4. The fraction of sp³-hybridized carbons (Fsp3) is 0.864. The maximum Gasteiger partial charge on any atom is 0.320 e. The molecule has 0 radical (unpaired) electrons. The van der Waals surface area contributed by atoms with E-state index in [0.717, 1.165) is 0 Å². The highest BCUT2D eigenvalue weighted by atomic mass is 16.6. The summed E-state index contributed by atoms with van der Waals surface area (Å²) in [6, 6.07) is 0. The summed E-state index contributed by atoms with van der Waals surface area (Å²) < 4.78 is 17.1. The minimum absolute atomic E-state index is 0.0500. The van der Waals surface area contributed by atoms with Crippen molar-refractivity contribution in [1.29, 1.82) is 0 Å². The van der Waals surface area contributed by atoms with E-state index < -0.39 is 58.5 Å². The van der Waals surface area contributed by atoms with Crippen molar-refractivity contribution in [1.82, 2.24) is 0 Å². The molecule has 3 saturated carbocycles. The molecule has 2 bridgehead atoms. The lowest BCUT2D eigenvalue weighted by Gasteiger charge is -2.62. The molecule has 2 heterocycles. The number of fused-ring (bicyclic) bond motifs is 1. The quantitative estimate of drug-likeness (QED) is 0.496. The highest BCUT2D eigenvalue weighted by molar-refractivity contribution is 6.08. The highest BCUT2D eigenvalue weighted by Crippen LogP contribution is 2.71. The number of ketones is 1. The first-order valence-corrected chi connectivity index (χ1v) is 10.9. The number of hydrogen-bond acceptors (Lipinski definition) is 8. The zero-order valence-corrected chi connectivity index (χ0v) is 17.6. The lowest BCUT2D eigenvalue weighted by atomic mass is 9.43. The molecule has 8 nitrogen and oxygen atoms in total. The van der Waals surface area contributed by atoms with Crippen molar-refractivity contribution in [3.8, 4) is 0 Å². The summed E-state index contributed by atoms with van der Waals surface area (Å²) >= 11 is 0. The van der Waals surface area contributed by atoms with Gasteiger partial charge in [0.15, 0.2) is 12.1 Å². The molecule has 10 atom stereocenters. The van der Waals surface area contributed by atoms with Crippen LogP contribution in [0.4, 0.5) is 0 Å². The number of aliphatic hydroxyl groups is 2. The number of ether oxygens (including phenoxy) is 3. The molecule has 166 valence electrons. The predicted molar refractivity (Wildman–Crippen MR) is 101 cm³/mol. The number of hydrogen-bond donors (Lipinski definition) is 2. The van der Waals surface area contributed by atoms with Gasteiger partial charge in [-0.05, 0) is 31.6 Å². The third-order valence-electron chi connectivity index (χ3n) is 9.10. The second-order valence-corrected chi connectivity index (χ2v) is 10.5. The van der Waals surface area contributed by atoms with E-state index in [2.05, 4.69) is 0 Å². The van der Waals surface area contributed by atoms with E-state index >= 15 is 0 Å². The van der Waals surface area contributed by atoms with Crippen molar-refractivity contribution in [2.24, 2.45) is 39.9 Å². The Hall–Kier alpha value is -1.51. The van der Waals surface area contributed by atoms with Crippen LogP contribution in [0.3, 0.4) is 0 Å². The first kappa shape index (κ1) is 20.4. The minimum atomic E-state index is -1.39. The van der Waals surface area contributed by atoms with Gasteiger partial charge in [0.05, 0.1) is 19.3 Å². The third kappa shape index (κ3) is 2.25. The van der Waals surface area contributed by atoms with Crippen LogP contribution >= 0.6 is 0 Å². The molecular weight excluding hydrogens is 392 g/mol. The Morgan fingerprint density at radius 3 is 2.70 bits per heavy atom. The van der Waals surface area contributed by atoms with E-state index in [4.69, 9.17) is 14.2 Å². The molecule has 2 N–H and O–H groups in total. The molecule has 5 fully saturated rings. The average Bonchev–Trinajstić information content (AvgIpc) is 3.13. The molecule has 2 spiro atoms. The summed E-state index contributed by atoms with van der Waals surface area (Å²) in [5, 5.41) is 22.2. The molecule has 30 heavy (non-hydrogen) atoms. The van der Waals surface area contributed by atoms with Crippen LogP contribution in [-0.2, 0) is 28.6 Å². The Kier molecular flexibility index (Phi) is 4.26. The van der Waals surface area contributed by atoms with Crippen LogP contribution in [0.5, 0.6) is 0 Å². The summed E-state index contributed by atoms with van der Waals surface area (Å²) in [7, 11) is 0. The molecule has 3 aliphatic carbocycles. The van der Waals surface area contributed by atoms with Gasteiger partial charge in [-0.25, -0.2) is 0 Å². The van der Waals surface area contributed by atoms with Crippen molar-refractivity contribution in [2.75, 3.05) is 13.2 Å². The normalized spacial score (nSPS) is 54.1. The Labute approximate surface area is 175 Å². The van der Waals surface area contributed by atoms with E-state index in [1.807, 2.05) is 13.8 Å². The van der Waals surface area contributed by atoms with Gasteiger partial charge in [0.2, 0.25) is 0 Å². The van der Waals surface area contributed by atoms with Gasteiger partial charge in [-0.2, -0.15) is 0 Å². The standard InChI is InChI=1S/C22H30O8/c1-10-12-6-13(24)15-21(7-12,17(10)25)19(27)30-14-4-5-20(3,8-28-11(2)23)16-18(26)29-9-22(14,15)16/h10,12-16,18,24,26H,4-9H2,1-3H3/t10-,12-,13-,14+,15-,16-,18-,20+,21+,22+/m1/s1. The Morgan fingerprint density at radius 2 is 2.00 bits per heavy atom. The van der Waals surface area contributed by atoms with E-state index in [0.29, 0.717) is 25.7 Å². The number of Topliss-reactive ketones (excluding diaryl/α,β-unsaturated/α-hetero) is 1. The monoisotopic (exact) mass is 422 g/mol. The highest BCUT2D eigenvalue weighted by Gasteiger charge is 2.79.